The molecule has 0 amide bonds. The molecule has 82 valence electrons. The first-order valence-electron chi connectivity index (χ1n) is 5.40. The number of hydrogen-bond donors (Lipinski definition) is 0. The summed E-state index contributed by atoms with van der Waals surface area (Å²) in [6.45, 7) is 2.14. The van der Waals surface area contributed by atoms with Crippen LogP contribution < -0.4 is 0 Å². The third-order valence-corrected chi connectivity index (χ3v) is 3.08. The van der Waals surface area contributed by atoms with Gasteiger partial charge in [0.25, 0.3) is 0 Å². The number of nitrogens with zero attached hydrogens (tertiary/aromatic N) is 1. The molecule has 0 bridgehead atoms. The molecular formula is C14H14BrN. The van der Waals surface area contributed by atoms with Crippen LogP contribution in [0.2, 0.25) is 0 Å². The normalized spacial score (nSPS) is 12.0. The minimum Gasteiger partial charge on any atom is -0.256 e. The Bertz CT molecular complexity index is 512. The second-order valence-corrected chi connectivity index (χ2v) is 4.54. The number of benzene rings is 1. The number of rotatable bonds is 3. The van der Waals surface area contributed by atoms with Crippen LogP contribution in [-0.4, -0.2) is 10.3 Å². The van der Waals surface area contributed by atoms with Crippen molar-refractivity contribution >= 4 is 32.4 Å². The van der Waals surface area contributed by atoms with Gasteiger partial charge in [-0.2, -0.15) is 0 Å². The van der Waals surface area contributed by atoms with Crippen molar-refractivity contribution in [2.45, 2.75) is 13.3 Å². The Morgan fingerprint density at radius 1 is 1.31 bits per heavy atom. The van der Waals surface area contributed by atoms with Crippen LogP contribution in [-0.2, 0) is 0 Å². The second-order valence-electron chi connectivity index (χ2n) is 3.75. The van der Waals surface area contributed by atoms with E-state index in [9.17, 15) is 0 Å². The summed E-state index contributed by atoms with van der Waals surface area (Å²) in [6, 6.07) is 10.4. The number of pyridine rings is 1. The lowest BCUT2D eigenvalue weighted by Crippen LogP contribution is -1.86. The van der Waals surface area contributed by atoms with Gasteiger partial charge in [0, 0.05) is 22.5 Å². The standard InChI is InChI=1S/C14H14BrN/c1-11(5-3-9-15)13-8-2-6-12-7-4-10-16-14(12)13/h2,4-8,10H,3,9H2,1H3/b11-5-. The molecule has 2 aromatic rings. The molecular weight excluding hydrogens is 262 g/mol. The van der Waals surface area contributed by atoms with Gasteiger partial charge in [-0.15, -0.1) is 0 Å². The molecule has 2 heteroatoms. The summed E-state index contributed by atoms with van der Waals surface area (Å²) in [5.41, 5.74) is 3.62. The van der Waals surface area contributed by atoms with Crippen molar-refractivity contribution < 1.29 is 0 Å². The number of fused-ring (bicyclic) bond motifs is 1. The number of alkyl halides is 1. The summed E-state index contributed by atoms with van der Waals surface area (Å²) < 4.78 is 0. The van der Waals surface area contributed by atoms with Crippen molar-refractivity contribution in [3.63, 3.8) is 0 Å². The summed E-state index contributed by atoms with van der Waals surface area (Å²) in [6.07, 6.45) is 5.15. The number of halogens is 1. The fraction of sp³-hybridized carbons (Fsp3) is 0.214. The number of aromatic nitrogens is 1. The highest BCUT2D eigenvalue weighted by atomic mass is 79.9. The highest BCUT2D eigenvalue weighted by Gasteiger charge is 2.02. The minimum atomic E-state index is 1.00. The molecule has 0 aliphatic rings. The fourth-order valence-electron chi connectivity index (χ4n) is 1.80. The first kappa shape index (κ1) is 11.3. The molecule has 0 aliphatic heterocycles. The van der Waals surface area contributed by atoms with Gasteiger partial charge in [-0.25, -0.2) is 0 Å². The molecule has 0 saturated heterocycles. The summed E-state index contributed by atoms with van der Waals surface area (Å²) in [5.74, 6) is 0. The smallest absolute Gasteiger partial charge is 0.0776 e. The van der Waals surface area contributed by atoms with E-state index in [1.807, 2.05) is 12.3 Å². The lowest BCUT2D eigenvalue weighted by atomic mass is 10.0. The number of allylic oxidation sites excluding steroid dienone is 2. The Balaban J connectivity index is 2.52. The van der Waals surface area contributed by atoms with Crippen LogP contribution in [0.25, 0.3) is 16.5 Å². The van der Waals surface area contributed by atoms with E-state index in [4.69, 9.17) is 0 Å². The molecule has 1 nitrogen and oxygen atoms in total. The van der Waals surface area contributed by atoms with Gasteiger partial charge in [-0.3, -0.25) is 4.98 Å². The van der Waals surface area contributed by atoms with Gasteiger partial charge in [0.15, 0.2) is 0 Å². The van der Waals surface area contributed by atoms with Gasteiger partial charge in [-0.05, 0) is 25.0 Å². The highest BCUT2D eigenvalue weighted by Crippen LogP contribution is 2.23. The predicted molar refractivity (Wildman–Crippen MR) is 73.8 cm³/mol. The summed E-state index contributed by atoms with van der Waals surface area (Å²) in [5, 5.41) is 2.20. The van der Waals surface area contributed by atoms with Gasteiger partial charge in [0.2, 0.25) is 0 Å². The van der Waals surface area contributed by atoms with Crippen LogP contribution in [0.5, 0.6) is 0 Å². The molecule has 0 fully saturated rings. The third kappa shape index (κ3) is 2.33. The molecule has 0 unspecified atom stereocenters. The molecule has 0 radical (unpaired) electrons. The van der Waals surface area contributed by atoms with E-state index in [0.717, 1.165) is 17.3 Å². The van der Waals surface area contributed by atoms with E-state index in [-0.39, 0.29) is 0 Å². The molecule has 0 spiro atoms. The first-order chi connectivity index (χ1) is 7.83. The third-order valence-electron chi connectivity index (χ3n) is 2.62. The van der Waals surface area contributed by atoms with E-state index in [2.05, 4.69) is 58.2 Å². The lowest BCUT2D eigenvalue weighted by Gasteiger charge is -2.05. The zero-order valence-corrected chi connectivity index (χ0v) is 10.9. The number of hydrogen-bond acceptors (Lipinski definition) is 1. The van der Waals surface area contributed by atoms with Gasteiger partial charge in [0.1, 0.15) is 0 Å². The Labute approximate surface area is 104 Å². The molecule has 2 rings (SSSR count). The maximum absolute atomic E-state index is 4.46. The minimum absolute atomic E-state index is 1.00. The average molecular weight is 276 g/mol. The Morgan fingerprint density at radius 2 is 2.12 bits per heavy atom. The Morgan fingerprint density at radius 3 is 2.94 bits per heavy atom. The van der Waals surface area contributed by atoms with Crippen LogP contribution in [0.4, 0.5) is 0 Å². The summed E-state index contributed by atoms with van der Waals surface area (Å²) >= 11 is 3.44. The van der Waals surface area contributed by atoms with Crippen molar-refractivity contribution in [2.24, 2.45) is 0 Å². The van der Waals surface area contributed by atoms with E-state index in [1.165, 1.54) is 16.5 Å². The van der Waals surface area contributed by atoms with Crippen molar-refractivity contribution in [1.82, 2.24) is 4.98 Å². The van der Waals surface area contributed by atoms with Crippen LogP contribution in [0.15, 0.2) is 42.6 Å². The van der Waals surface area contributed by atoms with Gasteiger partial charge in [0.05, 0.1) is 5.52 Å². The van der Waals surface area contributed by atoms with E-state index < -0.39 is 0 Å². The van der Waals surface area contributed by atoms with Crippen LogP contribution >= 0.6 is 15.9 Å². The summed E-state index contributed by atoms with van der Waals surface area (Å²) in [7, 11) is 0. The lowest BCUT2D eigenvalue weighted by molar-refractivity contribution is 1.26. The van der Waals surface area contributed by atoms with E-state index in [0.29, 0.717) is 0 Å². The number of para-hydroxylation sites is 1. The van der Waals surface area contributed by atoms with Crippen LogP contribution in [0.1, 0.15) is 18.9 Å². The zero-order valence-electron chi connectivity index (χ0n) is 9.28. The monoisotopic (exact) mass is 275 g/mol. The van der Waals surface area contributed by atoms with E-state index >= 15 is 0 Å². The molecule has 0 saturated carbocycles. The molecule has 0 atom stereocenters. The highest BCUT2D eigenvalue weighted by molar-refractivity contribution is 9.09. The van der Waals surface area contributed by atoms with Crippen LogP contribution in [0.3, 0.4) is 0 Å². The van der Waals surface area contributed by atoms with Crippen LogP contribution in [0, 0.1) is 0 Å². The first-order valence-corrected chi connectivity index (χ1v) is 6.52. The maximum atomic E-state index is 4.46. The van der Waals surface area contributed by atoms with Crippen molar-refractivity contribution in [3.05, 3.63) is 48.2 Å². The Kier molecular flexibility index (Phi) is 3.73. The largest absolute Gasteiger partial charge is 0.256 e. The molecule has 0 N–H and O–H groups in total. The molecule has 1 aromatic heterocycles. The van der Waals surface area contributed by atoms with Gasteiger partial charge < -0.3 is 0 Å². The van der Waals surface area contributed by atoms with Crippen molar-refractivity contribution in [2.75, 3.05) is 5.33 Å². The van der Waals surface area contributed by atoms with Crippen molar-refractivity contribution in [3.8, 4) is 0 Å². The fourth-order valence-corrected chi connectivity index (χ4v) is 2.03. The molecule has 1 aromatic carbocycles. The molecule has 16 heavy (non-hydrogen) atoms. The predicted octanol–water partition coefficient (Wildman–Crippen LogP) is 4.42. The molecule has 1 heterocycles. The van der Waals surface area contributed by atoms with Crippen molar-refractivity contribution in [1.29, 1.82) is 0 Å². The zero-order chi connectivity index (χ0) is 11.4. The quantitative estimate of drug-likeness (QED) is 0.756. The van der Waals surface area contributed by atoms with E-state index in [1.54, 1.807) is 0 Å². The van der Waals surface area contributed by atoms with Gasteiger partial charge >= 0.3 is 0 Å². The summed E-state index contributed by atoms with van der Waals surface area (Å²) in [4.78, 5) is 4.46. The average Bonchev–Trinajstić information content (AvgIpc) is 2.35. The van der Waals surface area contributed by atoms with Gasteiger partial charge in [-0.1, -0.05) is 46.3 Å². The second kappa shape index (κ2) is 5.26. The Hall–Kier alpha value is -1.15. The maximum Gasteiger partial charge on any atom is 0.0776 e. The molecule has 0 aliphatic carbocycles. The SMILES string of the molecule is C/C(=C/CCBr)c1cccc2cccnc12. The topological polar surface area (TPSA) is 12.9 Å².